The van der Waals surface area contributed by atoms with Crippen molar-refractivity contribution in [2.45, 2.75) is 52.5 Å². The van der Waals surface area contributed by atoms with Crippen LogP contribution in [-0.4, -0.2) is 7.05 Å². The van der Waals surface area contributed by atoms with Crippen molar-refractivity contribution >= 4 is 0 Å². The number of hydrogen-bond donors (Lipinski definition) is 1. The molecule has 0 aliphatic rings. The lowest BCUT2D eigenvalue weighted by Crippen LogP contribution is -2.34. The van der Waals surface area contributed by atoms with Gasteiger partial charge in [-0.3, -0.25) is 0 Å². The Balaban J connectivity index is 3.20. The summed E-state index contributed by atoms with van der Waals surface area (Å²) >= 11 is 0. The molecule has 0 amide bonds. The van der Waals surface area contributed by atoms with E-state index in [0.29, 0.717) is 0 Å². The van der Waals surface area contributed by atoms with E-state index in [4.69, 9.17) is 0 Å². The van der Waals surface area contributed by atoms with Crippen molar-refractivity contribution in [2.24, 2.45) is 0 Å². The molecule has 1 N–H and O–H groups in total. The summed E-state index contributed by atoms with van der Waals surface area (Å²) in [5.41, 5.74) is 4.42. The highest BCUT2D eigenvalue weighted by Crippen LogP contribution is 2.28. The third kappa shape index (κ3) is 2.65. The largest absolute Gasteiger partial charge is 0.311 e. The fourth-order valence-electron chi connectivity index (χ4n) is 1.97. The van der Waals surface area contributed by atoms with E-state index >= 15 is 0 Å². The molecule has 90 valence electrons. The third-order valence-corrected chi connectivity index (χ3v) is 3.39. The predicted molar refractivity (Wildman–Crippen MR) is 72.0 cm³/mol. The van der Waals surface area contributed by atoms with Gasteiger partial charge in [0.15, 0.2) is 0 Å². The van der Waals surface area contributed by atoms with Crippen LogP contribution in [0.2, 0.25) is 0 Å². The molecule has 0 unspecified atom stereocenters. The van der Waals surface area contributed by atoms with E-state index in [1.54, 1.807) is 0 Å². The van der Waals surface area contributed by atoms with Gasteiger partial charge in [0.2, 0.25) is 0 Å². The second kappa shape index (κ2) is 4.21. The Hall–Kier alpha value is -0.820. The summed E-state index contributed by atoms with van der Waals surface area (Å²) in [5.74, 6) is 0. The molecule has 0 atom stereocenters. The van der Waals surface area contributed by atoms with Crippen LogP contribution in [0.4, 0.5) is 0 Å². The van der Waals surface area contributed by atoms with Gasteiger partial charge in [-0.25, -0.2) is 0 Å². The van der Waals surface area contributed by atoms with Gasteiger partial charge < -0.3 is 5.32 Å². The van der Waals surface area contributed by atoms with Crippen LogP contribution < -0.4 is 5.32 Å². The van der Waals surface area contributed by atoms with Gasteiger partial charge in [-0.2, -0.15) is 0 Å². The molecule has 0 aliphatic heterocycles. The molecule has 1 nitrogen and oxygen atoms in total. The summed E-state index contributed by atoms with van der Waals surface area (Å²) in [6.45, 7) is 13.4. The van der Waals surface area contributed by atoms with Crippen molar-refractivity contribution in [2.75, 3.05) is 7.05 Å². The number of benzene rings is 1. The zero-order valence-electron chi connectivity index (χ0n) is 11.7. The minimum Gasteiger partial charge on any atom is -0.311 e. The van der Waals surface area contributed by atoms with Gasteiger partial charge in [0.1, 0.15) is 0 Å². The molecular weight excluding hydrogens is 194 g/mol. The lowest BCUT2D eigenvalue weighted by atomic mass is 9.82. The predicted octanol–water partition coefficient (Wildman–Crippen LogP) is 3.75. The normalized spacial score (nSPS) is 12.9. The van der Waals surface area contributed by atoms with Gasteiger partial charge >= 0.3 is 0 Å². The Kier molecular flexibility index (Phi) is 3.49. The average molecular weight is 219 g/mol. The molecule has 0 saturated heterocycles. The highest BCUT2D eigenvalue weighted by Gasteiger charge is 2.21. The standard InChI is InChI=1S/C15H25N/c1-11-10-12(14(2,3)4)8-9-13(11)15(5,6)16-7/h8-10,16H,1-7H3. The number of hydrogen-bond acceptors (Lipinski definition) is 1. The molecule has 16 heavy (non-hydrogen) atoms. The summed E-state index contributed by atoms with van der Waals surface area (Å²) < 4.78 is 0. The molecule has 0 radical (unpaired) electrons. The first kappa shape index (κ1) is 13.2. The molecule has 1 aromatic rings. The maximum Gasteiger partial charge on any atom is 0.0377 e. The second-order valence-corrected chi connectivity index (χ2v) is 6.15. The van der Waals surface area contributed by atoms with E-state index in [0.717, 1.165) is 0 Å². The third-order valence-electron chi connectivity index (χ3n) is 3.39. The Bertz CT molecular complexity index is 370. The Morgan fingerprint density at radius 3 is 1.94 bits per heavy atom. The monoisotopic (exact) mass is 219 g/mol. The fourth-order valence-corrected chi connectivity index (χ4v) is 1.97. The van der Waals surface area contributed by atoms with E-state index in [2.05, 4.69) is 65.1 Å². The molecule has 0 aromatic heterocycles. The van der Waals surface area contributed by atoms with Crippen molar-refractivity contribution < 1.29 is 0 Å². The van der Waals surface area contributed by atoms with Crippen LogP contribution in [-0.2, 0) is 11.0 Å². The van der Waals surface area contributed by atoms with E-state index in [-0.39, 0.29) is 11.0 Å². The first-order valence-corrected chi connectivity index (χ1v) is 5.99. The van der Waals surface area contributed by atoms with Gasteiger partial charge in [0, 0.05) is 5.54 Å². The lowest BCUT2D eigenvalue weighted by molar-refractivity contribution is 0.441. The first-order chi connectivity index (χ1) is 7.18. The smallest absolute Gasteiger partial charge is 0.0377 e. The van der Waals surface area contributed by atoms with E-state index in [1.165, 1.54) is 16.7 Å². The van der Waals surface area contributed by atoms with E-state index in [9.17, 15) is 0 Å². The molecule has 0 bridgehead atoms. The zero-order chi connectivity index (χ0) is 12.6. The van der Waals surface area contributed by atoms with Crippen LogP contribution >= 0.6 is 0 Å². The SMILES string of the molecule is CNC(C)(C)c1ccc(C(C)(C)C)cc1C. The summed E-state index contributed by atoms with van der Waals surface area (Å²) in [4.78, 5) is 0. The maximum absolute atomic E-state index is 3.36. The van der Waals surface area contributed by atoms with Gasteiger partial charge in [-0.15, -0.1) is 0 Å². The average Bonchev–Trinajstić information content (AvgIpc) is 2.16. The van der Waals surface area contributed by atoms with Crippen LogP contribution in [0.25, 0.3) is 0 Å². The first-order valence-electron chi connectivity index (χ1n) is 5.99. The second-order valence-electron chi connectivity index (χ2n) is 6.15. The highest BCUT2D eigenvalue weighted by atomic mass is 14.9. The lowest BCUT2D eigenvalue weighted by Gasteiger charge is -2.28. The highest BCUT2D eigenvalue weighted by molar-refractivity contribution is 5.37. The summed E-state index contributed by atoms with van der Waals surface area (Å²) in [6, 6.07) is 6.82. The van der Waals surface area contributed by atoms with Gasteiger partial charge in [-0.05, 0) is 49.9 Å². The number of aryl methyl sites for hydroxylation is 1. The van der Waals surface area contributed by atoms with Crippen LogP contribution in [0.15, 0.2) is 18.2 Å². The van der Waals surface area contributed by atoms with Crippen molar-refractivity contribution in [3.63, 3.8) is 0 Å². The Morgan fingerprint density at radius 2 is 1.56 bits per heavy atom. The Morgan fingerprint density at radius 1 is 1.00 bits per heavy atom. The summed E-state index contributed by atoms with van der Waals surface area (Å²) in [7, 11) is 2.01. The molecule has 0 fully saturated rings. The molecular formula is C15H25N. The van der Waals surface area contributed by atoms with Gasteiger partial charge in [-0.1, -0.05) is 39.0 Å². The molecule has 0 heterocycles. The number of nitrogens with one attached hydrogen (secondary N) is 1. The molecule has 0 aliphatic carbocycles. The molecule has 1 aromatic carbocycles. The minimum atomic E-state index is 0.0422. The molecule has 1 heteroatoms. The van der Waals surface area contributed by atoms with Crippen LogP contribution in [0, 0.1) is 6.92 Å². The molecule has 0 spiro atoms. The van der Waals surface area contributed by atoms with Crippen LogP contribution in [0.5, 0.6) is 0 Å². The van der Waals surface area contributed by atoms with Gasteiger partial charge in [0.25, 0.3) is 0 Å². The summed E-state index contributed by atoms with van der Waals surface area (Å²) in [6.07, 6.45) is 0. The number of rotatable bonds is 2. The van der Waals surface area contributed by atoms with Crippen molar-refractivity contribution in [1.29, 1.82) is 0 Å². The van der Waals surface area contributed by atoms with Gasteiger partial charge in [0.05, 0.1) is 0 Å². The van der Waals surface area contributed by atoms with E-state index < -0.39 is 0 Å². The molecule has 0 saturated carbocycles. The van der Waals surface area contributed by atoms with Crippen LogP contribution in [0.1, 0.15) is 51.3 Å². The van der Waals surface area contributed by atoms with Crippen molar-refractivity contribution in [3.05, 3.63) is 34.9 Å². The van der Waals surface area contributed by atoms with Crippen LogP contribution in [0.3, 0.4) is 0 Å². The fraction of sp³-hybridized carbons (Fsp3) is 0.600. The quantitative estimate of drug-likeness (QED) is 0.799. The Labute approximate surface area is 100 Å². The zero-order valence-corrected chi connectivity index (χ0v) is 11.7. The van der Waals surface area contributed by atoms with Crippen molar-refractivity contribution in [3.8, 4) is 0 Å². The maximum atomic E-state index is 3.36. The topological polar surface area (TPSA) is 12.0 Å². The molecule has 1 rings (SSSR count). The van der Waals surface area contributed by atoms with Crippen molar-refractivity contribution in [1.82, 2.24) is 5.32 Å². The van der Waals surface area contributed by atoms with E-state index in [1.807, 2.05) is 7.05 Å². The summed E-state index contributed by atoms with van der Waals surface area (Å²) in [5, 5.41) is 3.36. The minimum absolute atomic E-state index is 0.0422.